The van der Waals surface area contributed by atoms with Crippen LogP contribution in [0, 0.1) is 18.7 Å². The summed E-state index contributed by atoms with van der Waals surface area (Å²) in [6, 6.07) is 4.53. The van der Waals surface area contributed by atoms with E-state index in [1.165, 1.54) is 19.2 Å². The van der Waals surface area contributed by atoms with Crippen molar-refractivity contribution >= 4 is 16.9 Å². The van der Waals surface area contributed by atoms with Gasteiger partial charge in [0.1, 0.15) is 5.82 Å². The lowest BCUT2D eigenvalue weighted by molar-refractivity contribution is 0.0592. The maximum absolute atomic E-state index is 13.7. The zero-order valence-corrected chi connectivity index (χ0v) is 12.9. The summed E-state index contributed by atoms with van der Waals surface area (Å²) in [5.41, 5.74) is 2.12. The largest absolute Gasteiger partial charge is 0.465 e. The van der Waals surface area contributed by atoms with Gasteiger partial charge in [0.15, 0.2) is 0 Å². The van der Waals surface area contributed by atoms with Gasteiger partial charge in [0.25, 0.3) is 0 Å². The second-order valence-corrected chi connectivity index (χ2v) is 5.78. The number of fused-ring (bicyclic) bond motifs is 1. The van der Waals surface area contributed by atoms with Crippen molar-refractivity contribution in [1.82, 2.24) is 4.57 Å². The molecule has 0 spiro atoms. The molecule has 1 fully saturated rings. The van der Waals surface area contributed by atoms with Crippen molar-refractivity contribution in [3.63, 3.8) is 0 Å². The van der Waals surface area contributed by atoms with Crippen molar-refractivity contribution in [3.05, 3.63) is 35.3 Å². The van der Waals surface area contributed by atoms with Crippen LogP contribution in [0.5, 0.6) is 0 Å². The normalized spacial score (nSPS) is 16.1. The predicted octanol–water partition coefficient (Wildman–Crippen LogP) is 3.30. The smallest absolute Gasteiger partial charge is 0.340 e. The number of aromatic nitrogens is 1. The topological polar surface area (TPSA) is 40.5 Å². The third-order valence-electron chi connectivity index (χ3n) is 4.46. The number of hydrogen-bond donors (Lipinski definition) is 0. The Morgan fingerprint density at radius 1 is 1.41 bits per heavy atom. The number of nitrogens with zero attached hydrogens (tertiary/aromatic N) is 1. The number of carbonyl (C=O) groups is 1. The second-order valence-electron chi connectivity index (χ2n) is 5.78. The minimum Gasteiger partial charge on any atom is -0.465 e. The van der Waals surface area contributed by atoms with Crippen molar-refractivity contribution in [3.8, 4) is 0 Å². The van der Waals surface area contributed by atoms with Gasteiger partial charge >= 0.3 is 5.97 Å². The highest BCUT2D eigenvalue weighted by Gasteiger charge is 2.23. The average molecular weight is 305 g/mol. The zero-order valence-electron chi connectivity index (χ0n) is 12.9. The quantitative estimate of drug-likeness (QED) is 0.817. The third-order valence-corrected chi connectivity index (χ3v) is 4.46. The average Bonchev–Trinajstić information content (AvgIpc) is 2.80. The first-order chi connectivity index (χ1) is 10.6. The fourth-order valence-corrected chi connectivity index (χ4v) is 3.23. The highest BCUT2D eigenvalue weighted by atomic mass is 19.1. The molecule has 22 heavy (non-hydrogen) atoms. The number of rotatable bonds is 3. The summed E-state index contributed by atoms with van der Waals surface area (Å²) in [5.74, 6) is -0.189. The molecule has 0 atom stereocenters. The van der Waals surface area contributed by atoms with Crippen LogP contribution in [-0.4, -0.2) is 30.9 Å². The molecule has 1 aromatic carbocycles. The van der Waals surface area contributed by atoms with E-state index in [0.29, 0.717) is 11.5 Å². The molecular formula is C17H20FNO3. The van der Waals surface area contributed by atoms with E-state index in [4.69, 9.17) is 9.47 Å². The molecule has 1 aliphatic rings. The number of esters is 1. The summed E-state index contributed by atoms with van der Waals surface area (Å²) >= 11 is 0. The highest BCUT2D eigenvalue weighted by Crippen LogP contribution is 2.29. The molecule has 2 aromatic rings. The number of halogens is 1. The molecule has 0 amide bonds. The molecule has 118 valence electrons. The maximum Gasteiger partial charge on any atom is 0.340 e. The Hall–Kier alpha value is -1.88. The Morgan fingerprint density at radius 3 is 2.82 bits per heavy atom. The third kappa shape index (κ3) is 2.61. The lowest BCUT2D eigenvalue weighted by Crippen LogP contribution is -2.21. The molecule has 1 aromatic heterocycles. The molecule has 0 saturated carbocycles. The van der Waals surface area contributed by atoms with Gasteiger partial charge in [0, 0.05) is 30.8 Å². The molecule has 0 N–H and O–H groups in total. The SMILES string of the molecule is COC(=O)c1c(C)n(CC2CCOCC2)c2cc(F)ccc12. The van der Waals surface area contributed by atoms with E-state index in [9.17, 15) is 9.18 Å². The van der Waals surface area contributed by atoms with Crippen LogP contribution in [0.1, 0.15) is 28.9 Å². The van der Waals surface area contributed by atoms with Gasteiger partial charge in [-0.25, -0.2) is 9.18 Å². The number of carbonyl (C=O) groups excluding carboxylic acids is 1. The number of hydrogen-bond acceptors (Lipinski definition) is 3. The van der Waals surface area contributed by atoms with Gasteiger partial charge in [-0.1, -0.05) is 0 Å². The van der Waals surface area contributed by atoms with Crippen LogP contribution in [0.25, 0.3) is 10.9 Å². The van der Waals surface area contributed by atoms with Gasteiger partial charge in [-0.2, -0.15) is 0 Å². The van der Waals surface area contributed by atoms with E-state index in [0.717, 1.165) is 49.2 Å². The Labute approximate surface area is 128 Å². The zero-order chi connectivity index (χ0) is 15.7. The summed E-state index contributed by atoms with van der Waals surface area (Å²) < 4.78 is 26.0. The van der Waals surface area contributed by atoms with Crippen molar-refractivity contribution in [1.29, 1.82) is 0 Å². The molecule has 4 nitrogen and oxygen atoms in total. The first-order valence-corrected chi connectivity index (χ1v) is 7.56. The monoisotopic (exact) mass is 305 g/mol. The lowest BCUT2D eigenvalue weighted by Gasteiger charge is -2.23. The maximum atomic E-state index is 13.7. The first-order valence-electron chi connectivity index (χ1n) is 7.56. The minimum atomic E-state index is -0.375. The number of ether oxygens (including phenoxy) is 2. The summed E-state index contributed by atoms with van der Waals surface area (Å²) in [6.07, 6.45) is 1.98. The molecule has 0 unspecified atom stereocenters. The Bertz CT molecular complexity index is 701. The van der Waals surface area contributed by atoms with Gasteiger partial charge in [0.05, 0.1) is 18.2 Å². The first kappa shape index (κ1) is 15.0. The fraction of sp³-hybridized carbons (Fsp3) is 0.471. The van der Waals surface area contributed by atoms with Gasteiger partial charge in [-0.3, -0.25) is 0 Å². The van der Waals surface area contributed by atoms with E-state index in [-0.39, 0.29) is 11.8 Å². The van der Waals surface area contributed by atoms with Crippen molar-refractivity contribution in [2.75, 3.05) is 20.3 Å². The predicted molar refractivity (Wildman–Crippen MR) is 81.5 cm³/mol. The van der Waals surface area contributed by atoms with Crippen molar-refractivity contribution in [2.45, 2.75) is 26.3 Å². The molecule has 1 aliphatic heterocycles. The molecule has 2 heterocycles. The highest BCUT2D eigenvalue weighted by molar-refractivity contribution is 6.05. The summed E-state index contributed by atoms with van der Waals surface area (Å²) in [6.45, 7) is 4.19. The molecule has 3 rings (SSSR count). The number of methoxy groups -OCH3 is 1. The number of benzene rings is 1. The van der Waals surface area contributed by atoms with Crippen LogP contribution >= 0.6 is 0 Å². The molecular weight excluding hydrogens is 285 g/mol. The van der Waals surface area contributed by atoms with Crippen LogP contribution in [0.4, 0.5) is 4.39 Å². The molecule has 0 bridgehead atoms. The summed E-state index contributed by atoms with van der Waals surface area (Å²) in [7, 11) is 1.37. The van der Waals surface area contributed by atoms with Crippen LogP contribution < -0.4 is 0 Å². The Kier molecular flexibility index (Phi) is 4.16. The summed E-state index contributed by atoms with van der Waals surface area (Å²) in [5, 5.41) is 0.748. The van der Waals surface area contributed by atoms with Gasteiger partial charge in [-0.05, 0) is 43.9 Å². The standard InChI is InChI=1S/C17H20FNO3/c1-11-16(17(20)21-2)14-4-3-13(18)9-15(14)19(11)10-12-5-7-22-8-6-12/h3-4,9,12H,5-8,10H2,1-2H3. The minimum absolute atomic E-state index is 0.297. The molecule has 0 radical (unpaired) electrons. The van der Waals surface area contributed by atoms with Crippen molar-refractivity contribution < 1.29 is 18.7 Å². The van der Waals surface area contributed by atoms with E-state index in [1.54, 1.807) is 6.07 Å². The van der Waals surface area contributed by atoms with Crippen LogP contribution in [-0.2, 0) is 16.0 Å². The molecule has 0 aliphatic carbocycles. The van der Waals surface area contributed by atoms with Crippen molar-refractivity contribution in [2.24, 2.45) is 5.92 Å². The second kappa shape index (κ2) is 6.08. The van der Waals surface area contributed by atoms with E-state index >= 15 is 0 Å². The van der Waals surface area contributed by atoms with E-state index in [2.05, 4.69) is 0 Å². The molecule has 1 saturated heterocycles. The van der Waals surface area contributed by atoms with Gasteiger partial charge in [0.2, 0.25) is 0 Å². The summed E-state index contributed by atoms with van der Waals surface area (Å²) in [4.78, 5) is 12.1. The van der Waals surface area contributed by atoms with Gasteiger partial charge in [-0.15, -0.1) is 0 Å². The van der Waals surface area contributed by atoms with E-state index < -0.39 is 0 Å². The Morgan fingerprint density at radius 2 is 2.14 bits per heavy atom. The molecule has 5 heteroatoms. The lowest BCUT2D eigenvalue weighted by atomic mass is 10.0. The fourth-order valence-electron chi connectivity index (χ4n) is 3.23. The van der Waals surface area contributed by atoms with Crippen LogP contribution in [0.15, 0.2) is 18.2 Å². The Balaban J connectivity index is 2.09. The van der Waals surface area contributed by atoms with E-state index in [1.807, 2.05) is 11.5 Å². The van der Waals surface area contributed by atoms with Crippen LogP contribution in [0.3, 0.4) is 0 Å². The van der Waals surface area contributed by atoms with Crippen LogP contribution in [0.2, 0.25) is 0 Å². The van der Waals surface area contributed by atoms with Gasteiger partial charge < -0.3 is 14.0 Å².